The number of nitrogens with zero attached hydrogens (tertiary/aromatic N) is 1. The number of nitrogens with one attached hydrogen (secondary N) is 1. The standard InChI is InChI=1S/C18H24N2O/c1-2-16-15(14-5-3-4-6-17(14)21-16)11-20-10-8-18(13-20)7-9-19-12-18/h3-6,19H,2,7-13H2,1H3. The fraction of sp³-hybridized carbons (Fsp3) is 0.556. The first-order valence-electron chi connectivity index (χ1n) is 8.22. The van der Waals surface area contributed by atoms with Crippen molar-refractivity contribution in [1.29, 1.82) is 0 Å². The molecule has 0 aliphatic carbocycles. The number of hydrogen-bond acceptors (Lipinski definition) is 3. The molecule has 3 heteroatoms. The smallest absolute Gasteiger partial charge is 0.134 e. The molecule has 1 spiro atoms. The van der Waals surface area contributed by atoms with Crippen molar-refractivity contribution in [3.05, 3.63) is 35.6 Å². The number of fused-ring (bicyclic) bond motifs is 1. The van der Waals surface area contributed by atoms with Gasteiger partial charge in [-0.15, -0.1) is 0 Å². The van der Waals surface area contributed by atoms with Gasteiger partial charge in [-0.05, 0) is 37.4 Å². The molecule has 2 aromatic rings. The van der Waals surface area contributed by atoms with E-state index < -0.39 is 0 Å². The lowest BCUT2D eigenvalue weighted by atomic mass is 9.86. The summed E-state index contributed by atoms with van der Waals surface area (Å²) in [6.45, 7) is 8.10. The Hall–Kier alpha value is -1.32. The van der Waals surface area contributed by atoms with E-state index in [1.807, 2.05) is 0 Å². The van der Waals surface area contributed by atoms with E-state index in [1.54, 1.807) is 0 Å². The molecule has 3 nitrogen and oxygen atoms in total. The molecule has 2 fully saturated rings. The predicted molar refractivity (Wildman–Crippen MR) is 85.4 cm³/mol. The number of aryl methyl sites for hydroxylation is 1. The Morgan fingerprint density at radius 1 is 1.29 bits per heavy atom. The van der Waals surface area contributed by atoms with Gasteiger partial charge in [-0.3, -0.25) is 4.90 Å². The molecule has 1 atom stereocenters. The second kappa shape index (κ2) is 5.15. The number of furan rings is 1. The first-order valence-corrected chi connectivity index (χ1v) is 8.22. The Kier molecular flexibility index (Phi) is 3.27. The Balaban J connectivity index is 1.60. The summed E-state index contributed by atoms with van der Waals surface area (Å²) >= 11 is 0. The highest BCUT2D eigenvalue weighted by Gasteiger charge is 2.40. The number of benzene rings is 1. The van der Waals surface area contributed by atoms with Crippen LogP contribution in [0.3, 0.4) is 0 Å². The largest absolute Gasteiger partial charge is 0.461 e. The normalized spacial score (nSPS) is 26.3. The predicted octanol–water partition coefficient (Wildman–Crippen LogP) is 3.18. The highest BCUT2D eigenvalue weighted by atomic mass is 16.3. The number of likely N-dealkylation sites (tertiary alicyclic amines) is 1. The highest BCUT2D eigenvalue weighted by Crippen LogP contribution is 2.37. The van der Waals surface area contributed by atoms with Crippen molar-refractivity contribution in [3.63, 3.8) is 0 Å². The van der Waals surface area contributed by atoms with E-state index in [0.29, 0.717) is 5.41 Å². The van der Waals surface area contributed by atoms with Gasteiger partial charge in [0.15, 0.2) is 0 Å². The Morgan fingerprint density at radius 3 is 3.00 bits per heavy atom. The van der Waals surface area contributed by atoms with Gasteiger partial charge in [0.05, 0.1) is 0 Å². The average Bonchev–Trinajstić information content (AvgIpc) is 3.21. The topological polar surface area (TPSA) is 28.4 Å². The van der Waals surface area contributed by atoms with Crippen LogP contribution in [-0.4, -0.2) is 31.1 Å². The molecule has 4 rings (SSSR count). The van der Waals surface area contributed by atoms with Crippen LogP contribution in [0.25, 0.3) is 11.0 Å². The lowest BCUT2D eigenvalue weighted by molar-refractivity contribution is 0.267. The minimum atomic E-state index is 0.548. The van der Waals surface area contributed by atoms with Gasteiger partial charge in [-0.1, -0.05) is 25.1 Å². The molecule has 1 N–H and O–H groups in total. The molecule has 112 valence electrons. The van der Waals surface area contributed by atoms with Crippen LogP contribution in [0.5, 0.6) is 0 Å². The van der Waals surface area contributed by atoms with E-state index in [4.69, 9.17) is 4.42 Å². The van der Waals surface area contributed by atoms with Gasteiger partial charge in [-0.2, -0.15) is 0 Å². The molecule has 0 bridgehead atoms. The van der Waals surface area contributed by atoms with E-state index in [1.165, 1.54) is 55.7 Å². The second-order valence-electron chi connectivity index (χ2n) is 6.74. The molecule has 0 amide bonds. The van der Waals surface area contributed by atoms with E-state index in [0.717, 1.165) is 18.5 Å². The van der Waals surface area contributed by atoms with Gasteiger partial charge in [-0.25, -0.2) is 0 Å². The van der Waals surface area contributed by atoms with Crippen molar-refractivity contribution in [2.24, 2.45) is 5.41 Å². The zero-order valence-electron chi connectivity index (χ0n) is 12.8. The summed E-state index contributed by atoms with van der Waals surface area (Å²) in [6, 6.07) is 8.47. The summed E-state index contributed by atoms with van der Waals surface area (Å²) in [4.78, 5) is 2.63. The number of hydrogen-bond donors (Lipinski definition) is 1. The van der Waals surface area contributed by atoms with Crippen LogP contribution in [0.2, 0.25) is 0 Å². The van der Waals surface area contributed by atoms with Crippen molar-refractivity contribution >= 4 is 11.0 Å². The number of rotatable bonds is 3. The van der Waals surface area contributed by atoms with Crippen LogP contribution < -0.4 is 5.32 Å². The minimum Gasteiger partial charge on any atom is -0.461 e. The molecule has 1 aromatic carbocycles. The molecule has 1 aromatic heterocycles. The lowest BCUT2D eigenvalue weighted by Crippen LogP contribution is -2.29. The third-order valence-electron chi connectivity index (χ3n) is 5.33. The van der Waals surface area contributed by atoms with Crippen molar-refractivity contribution < 1.29 is 4.42 Å². The molecule has 0 radical (unpaired) electrons. The van der Waals surface area contributed by atoms with Gasteiger partial charge in [0.25, 0.3) is 0 Å². The molecular formula is C18H24N2O. The van der Waals surface area contributed by atoms with Crippen LogP contribution in [0.15, 0.2) is 28.7 Å². The molecule has 2 aliphatic rings. The number of para-hydroxylation sites is 1. The Morgan fingerprint density at radius 2 is 2.19 bits per heavy atom. The summed E-state index contributed by atoms with van der Waals surface area (Å²) in [5.74, 6) is 1.17. The first-order chi connectivity index (χ1) is 10.3. The molecule has 2 saturated heterocycles. The second-order valence-corrected chi connectivity index (χ2v) is 6.74. The summed E-state index contributed by atoms with van der Waals surface area (Å²) in [6.07, 6.45) is 3.66. The summed E-state index contributed by atoms with van der Waals surface area (Å²) < 4.78 is 6.04. The van der Waals surface area contributed by atoms with Gasteiger partial charge < -0.3 is 9.73 Å². The lowest BCUT2D eigenvalue weighted by Gasteiger charge is -2.22. The first kappa shape index (κ1) is 13.4. The summed E-state index contributed by atoms with van der Waals surface area (Å²) in [5.41, 5.74) is 3.00. The minimum absolute atomic E-state index is 0.548. The fourth-order valence-electron chi connectivity index (χ4n) is 4.14. The van der Waals surface area contributed by atoms with Gasteiger partial charge in [0.1, 0.15) is 11.3 Å². The van der Waals surface area contributed by atoms with E-state index in [-0.39, 0.29) is 0 Å². The molecule has 0 saturated carbocycles. The summed E-state index contributed by atoms with van der Waals surface area (Å²) in [5, 5.41) is 4.85. The van der Waals surface area contributed by atoms with Crippen LogP contribution in [0.4, 0.5) is 0 Å². The average molecular weight is 284 g/mol. The molecular weight excluding hydrogens is 260 g/mol. The maximum Gasteiger partial charge on any atom is 0.134 e. The van der Waals surface area contributed by atoms with E-state index in [9.17, 15) is 0 Å². The molecule has 1 unspecified atom stereocenters. The van der Waals surface area contributed by atoms with Crippen LogP contribution in [0.1, 0.15) is 31.1 Å². The fourth-order valence-corrected chi connectivity index (χ4v) is 4.14. The summed E-state index contributed by atoms with van der Waals surface area (Å²) in [7, 11) is 0. The maximum atomic E-state index is 6.04. The Bertz CT molecular complexity index is 640. The van der Waals surface area contributed by atoms with Crippen LogP contribution >= 0.6 is 0 Å². The van der Waals surface area contributed by atoms with Gasteiger partial charge in [0, 0.05) is 37.0 Å². The zero-order chi connectivity index (χ0) is 14.3. The third-order valence-corrected chi connectivity index (χ3v) is 5.33. The van der Waals surface area contributed by atoms with Crippen molar-refractivity contribution in [1.82, 2.24) is 10.2 Å². The zero-order valence-corrected chi connectivity index (χ0v) is 12.8. The maximum absolute atomic E-state index is 6.04. The monoisotopic (exact) mass is 284 g/mol. The quantitative estimate of drug-likeness (QED) is 0.938. The van der Waals surface area contributed by atoms with Crippen molar-refractivity contribution in [2.75, 3.05) is 26.2 Å². The SMILES string of the molecule is CCc1oc2ccccc2c1CN1CCC2(CCNC2)C1. The van der Waals surface area contributed by atoms with Gasteiger partial charge in [0.2, 0.25) is 0 Å². The van der Waals surface area contributed by atoms with Crippen LogP contribution in [-0.2, 0) is 13.0 Å². The molecule has 3 heterocycles. The van der Waals surface area contributed by atoms with Gasteiger partial charge >= 0.3 is 0 Å². The van der Waals surface area contributed by atoms with E-state index >= 15 is 0 Å². The van der Waals surface area contributed by atoms with Crippen molar-refractivity contribution in [2.45, 2.75) is 32.7 Å². The van der Waals surface area contributed by atoms with Crippen LogP contribution in [0, 0.1) is 5.41 Å². The van der Waals surface area contributed by atoms with Crippen molar-refractivity contribution in [3.8, 4) is 0 Å². The molecule has 21 heavy (non-hydrogen) atoms. The Labute approximate surface area is 126 Å². The highest BCUT2D eigenvalue weighted by molar-refractivity contribution is 5.82. The van der Waals surface area contributed by atoms with E-state index in [2.05, 4.69) is 41.4 Å². The molecule has 2 aliphatic heterocycles. The third kappa shape index (κ3) is 2.29.